The second-order valence-electron chi connectivity index (χ2n) is 5.32. The predicted octanol–water partition coefficient (Wildman–Crippen LogP) is 3.00. The van der Waals surface area contributed by atoms with Gasteiger partial charge in [0.05, 0.1) is 0 Å². The summed E-state index contributed by atoms with van der Waals surface area (Å²) in [6, 6.07) is 8.63. The Morgan fingerprint density at radius 1 is 1.26 bits per heavy atom. The van der Waals surface area contributed by atoms with Crippen LogP contribution in [0.25, 0.3) is 0 Å². The Balaban J connectivity index is 2.22. The fourth-order valence-corrected chi connectivity index (χ4v) is 2.32. The van der Waals surface area contributed by atoms with E-state index in [-0.39, 0.29) is 5.92 Å². The monoisotopic (exact) mass is 276 g/mol. The number of nitrogens with two attached hydrogens (primary N) is 1. The summed E-state index contributed by atoms with van der Waals surface area (Å²) >= 11 is 5.03. The molecule has 2 aromatic rings. The first-order chi connectivity index (χ1) is 8.99. The van der Waals surface area contributed by atoms with Gasteiger partial charge in [-0.3, -0.25) is 5.10 Å². The summed E-state index contributed by atoms with van der Waals surface area (Å²) in [5, 5.41) is 6.90. The Morgan fingerprint density at radius 3 is 2.37 bits per heavy atom. The lowest BCUT2D eigenvalue weighted by atomic mass is 9.96. The molecule has 0 aliphatic carbocycles. The van der Waals surface area contributed by atoms with E-state index < -0.39 is 0 Å². The van der Waals surface area contributed by atoms with Gasteiger partial charge in [0, 0.05) is 5.92 Å². The first-order valence-corrected chi connectivity index (χ1v) is 6.91. The van der Waals surface area contributed by atoms with Gasteiger partial charge in [0.1, 0.15) is 0 Å². The highest BCUT2D eigenvalue weighted by Gasteiger charge is 2.14. The average Bonchev–Trinajstić information content (AvgIpc) is 2.69. The molecule has 0 aliphatic heterocycles. The number of benzene rings is 1. The van der Waals surface area contributed by atoms with Crippen molar-refractivity contribution in [3.05, 3.63) is 46.0 Å². The summed E-state index contributed by atoms with van der Waals surface area (Å²) in [6.07, 6.45) is 1.10. The number of rotatable bonds is 4. The molecule has 0 amide bonds. The van der Waals surface area contributed by atoms with Crippen molar-refractivity contribution in [3.63, 3.8) is 0 Å². The zero-order valence-electron chi connectivity index (χ0n) is 11.6. The van der Waals surface area contributed by atoms with Gasteiger partial charge in [-0.25, -0.2) is 4.68 Å². The van der Waals surface area contributed by atoms with Crippen LogP contribution in [-0.4, -0.2) is 14.9 Å². The molecule has 2 rings (SSSR count). The minimum Gasteiger partial charge on any atom is -0.335 e. The molecule has 4 nitrogen and oxygen atoms in total. The first-order valence-electron chi connectivity index (χ1n) is 6.50. The van der Waals surface area contributed by atoms with Crippen molar-refractivity contribution in [1.82, 2.24) is 14.9 Å². The number of aromatic amines is 1. The molecule has 0 aliphatic rings. The molecule has 1 aromatic heterocycles. The third-order valence-corrected chi connectivity index (χ3v) is 3.53. The van der Waals surface area contributed by atoms with E-state index in [0.29, 0.717) is 10.7 Å². The van der Waals surface area contributed by atoms with Crippen LogP contribution in [-0.2, 0) is 6.42 Å². The largest absolute Gasteiger partial charge is 0.335 e. The van der Waals surface area contributed by atoms with Crippen molar-refractivity contribution >= 4 is 12.2 Å². The number of hydrogen-bond donors (Lipinski definition) is 2. The highest BCUT2D eigenvalue weighted by atomic mass is 32.1. The molecule has 19 heavy (non-hydrogen) atoms. The van der Waals surface area contributed by atoms with Crippen molar-refractivity contribution in [1.29, 1.82) is 0 Å². The topological polar surface area (TPSA) is 59.6 Å². The van der Waals surface area contributed by atoms with E-state index in [1.807, 2.05) is 0 Å². The number of nitrogens with zero attached hydrogens (tertiary/aromatic N) is 2. The van der Waals surface area contributed by atoms with Gasteiger partial charge in [-0.15, -0.1) is 0 Å². The quantitative estimate of drug-likeness (QED) is 0.666. The van der Waals surface area contributed by atoms with Crippen LogP contribution in [0.15, 0.2) is 24.3 Å². The van der Waals surface area contributed by atoms with Crippen LogP contribution in [0, 0.1) is 10.7 Å². The molecule has 0 spiro atoms. The van der Waals surface area contributed by atoms with Crippen LogP contribution >= 0.6 is 12.2 Å². The summed E-state index contributed by atoms with van der Waals surface area (Å²) in [5.74, 6) is 7.39. The number of aromatic nitrogens is 3. The van der Waals surface area contributed by atoms with E-state index in [9.17, 15) is 0 Å². The van der Waals surface area contributed by atoms with Crippen molar-refractivity contribution in [2.75, 3.05) is 5.84 Å². The van der Waals surface area contributed by atoms with Gasteiger partial charge in [0.25, 0.3) is 0 Å². The Hall–Kier alpha value is -1.62. The van der Waals surface area contributed by atoms with Gasteiger partial charge in [-0.1, -0.05) is 45.0 Å². The molecule has 1 aromatic carbocycles. The minimum absolute atomic E-state index is 0.117. The molecular formula is C14H20N4S. The van der Waals surface area contributed by atoms with E-state index in [1.54, 1.807) is 0 Å². The maximum Gasteiger partial charge on any atom is 0.214 e. The molecule has 0 fully saturated rings. The second kappa shape index (κ2) is 5.57. The standard InChI is InChI=1S/C14H20N4S/c1-9(2)8-11-4-6-12(7-5-11)10(3)13-16-17-14(19)18(13)15/h4-7,9-10H,8,15H2,1-3H3,(H,17,19). The van der Waals surface area contributed by atoms with Gasteiger partial charge in [0.2, 0.25) is 4.77 Å². The molecule has 0 saturated carbocycles. The van der Waals surface area contributed by atoms with Crippen LogP contribution < -0.4 is 5.84 Å². The molecule has 102 valence electrons. The third kappa shape index (κ3) is 3.04. The Bertz CT molecular complexity index is 595. The number of H-pyrrole nitrogens is 1. The van der Waals surface area contributed by atoms with Crippen LogP contribution in [0.4, 0.5) is 0 Å². The lowest BCUT2D eigenvalue weighted by Crippen LogP contribution is -2.15. The van der Waals surface area contributed by atoms with Gasteiger partial charge in [-0.2, -0.15) is 5.10 Å². The number of hydrogen-bond acceptors (Lipinski definition) is 3. The van der Waals surface area contributed by atoms with Crippen LogP contribution in [0.5, 0.6) is 0 Å². The van der Waals surface area contributed by atoms with E-state index in [0.717, 1.165) is 12.2 Å². The fourth-order valence-electron chi connectivity index (χ4n) is 2.19. The highest BCUT2D eigenvalue weighted by Crippen LogP contribution is 2.22. The van der Waals surface area contributed by atoms with Crippen LogP contribution in [0.2, 0.25) is 0 Å². The summed E-state index contributed by atoms with van der Waals surface area (Å²) < 4.78 is 1.88. The first kappa shape index (κ1) is 13.8. The Kier molecular flexibility index (Phi) is 4.04. The molecule has 0 saturated heterocycles. The normalized spacial score (nSPS) is 12.8. The molecule has 1 atom stereocenters. The predicted molar refractivity (Wildman–Crippen MR) is 80.1 cm³/mol. The summed E-state index contributed by atoms with van der Waals surface area (Å²) in [6.45, 7) is 6.52. The average molecular weight is 276 g/mol. The van der Waals surface area contributed by atoms with Crippen LogP contribution in [0.3, 0.4) is 0 Å². The van der Waals surface area contributed by atoms with E-state index >= 15 is 0 Å². The SMILES string of the molecule is CC(C)Cc1ccc(C(C)c2n[nH]c(=S)n2N)cc1. The van der Waals surface area contributed by atoms with Gasteiger partial charge >= 0.3 is 0 Å². The summed E-state index contributed by atoms with van der Waals surface area (Å²) in [5.41, 5.74) is 2.55. The number of nitrogen functional groups attached to an aromatic ring is 1. The van der Waals surface area contributed by atoms with Crippen molar-refractivity contribution in [2.45, 2.75) is 33.1 Å². The van der Waals surface area contributed by atoms with E-state index in [2.05, 4.69) is 55.2 Å². The van der Waals surface area contributed by atoms with Gasteiger partial charge < -0.3 is 5.84 Å². The molecule has 0 radical (unpaired) electrons. The molecule has 1 unspecified atom stereocenters. The fraction of sp³-hybridized carbons (Fsp3) is 0.429. The van der Waals surface area contributed by atoms with Crippen molar-refractivity contribution in [2.24, 2.45) is 5.92 Å². The lowest BCUT2D eigenvalue weighted by Gasteiger charge is -2.12. The lowest BCUT2D eigenvalue weighted by molar-refractivity contribution is 0.647. The van der Waals surface area contributed by atoms with Crippen molar-refractivity contribution in [3.8, 4) is 0 Å². The molecule has 1 heterocycles. The summed E-state index contributed by atoms with van der Waals surface area (Å²) in [4.78, 5) is 0. The van der Waals surface area contributed by atoms with Crippen LogP contribution in [0.1, 0.15) is 43.6 Å². The highest BCUT2D eigenvalue weighted by molar-refractivity contribution is 7.71. The number of nitrogens with one attached hydrogen (secondary N) is 1. The van der Waals surface area contributed by atoms with Gasteiger partial charge in [0.15, 0.2) is 5.82 Å². The van der Waals surface area contributed by atoms with Crippen molar-refractivity contribution < 1.29 is 0 Å². The maximum atomic E-state index is 5.86. The zero-order valence-corrected chi connectivity index (χ0v) is 12.4. The smallest absolute Gasteiger partial charge is 0.214 e. The minimum atomic E-state index is 0.117. The Labute approximate surface area is 118 Å². The Morgan fingerprint density at radius 2 is 1.89 bits per heavy atom. The zero-order chi connectivity index (χ0) is 14.0. The molecular weight excluding hydrogens is 256 g/mol. The van der Waals surface area contributed by atoms with Gasteiger partial charge in [-0.05, 0) is 35.7 Å². The molecule has 5 heteroatoms. The second-order valence-corrected chi connectivity index (χ2v) is 5.70. The van der Waals surface area contributed by atoms with E-state index in [4.69, 9.17) is 18.1 Å². The van der Waals surface area contributed by atoms with E-state index in [1.165, 1.54) is 15.8 Å². The maximum absolute atomic E-state index is 5.86. The molecule has 0 bridgehead atoms. The summed E-state index contributed by atoms with van der Waals surface area (Å²) in [7, 11) is 0. The third-order valence-electron chi connectivity index (χ3n) is 3.24. The molecule has 3 N–H and O–H groups in total.